The van der Waals surface area contributed by atoms with E-state index in [0.717, 1.165) is 16.0 Å². The standard InChI is InChI=1S/C15H14N2O2/c16-14-13-10(5-3-7-12(13)19-15(14)17)8-9-4-1-2-6-11(9)18/h1-8,15,18H,16-17H2. The maximum atomic E-state index is 9.81. The molecular weight excluding hydrogens is 240 g/mol. The highest BCUT2D eigenvalue weighted by atomic mass is 16.5. The van der Waals surface area contributed by atoms with Gasteiger partial charge in [-0.25, -0.2) is 0 Å². The van der Waals surface area contributed by atoms with Gasteiger partial charge in [-0.1, -0.05) is 30.3 Å². The summed E-state index contributed by atoms with van der Waals surface area (Å²) < 4.78 is 5.46. The molecule has 4 nitrogen and oxygen atoms in total. The molecule has 1 heterocycles. The summed E-state index contributed by atoms with van der Waals surface area (Å²) in [5.41, 5.74) is 13.0. The first-order valence-electron chi connectivity index (χ1n) is 5.97. The number of hydrogen-bond acceptors (Lipinski definition) is 4. The van der Waals surface area contributed by atoms with Crippen molar-refractivity contribution >= 4 is 11.8 Å². The maximum Gasteiger partial charge on any atom is 0.189 e. The van der Waals surface area contributed by atoms with Gasteiger partial charge >= 0.3 is 0 Å². The van der Waals surface area contributed by atoms with Crippen molar-refractivity contribution in [3.63, 3.8) is 0 Å². The molecule has 1 unspecified atom stereocenters. The summed E-state index contributed by atoms with van der Waals surface area (Å²) in [6, 6.07) is 12.7. The van der Waals surface area contributed by atoms with Crippen LogP contribution >= 0.6 is 0 Å². The van der Waals surface area contributed by atoms with Gasteiger partial charge in [0.2, 0.25) is 0 Å². The molecule has 19 heavy (non-hydrogen) atoms. The number of aromatic hydroxyl groups is 1. The maximum absolute atomic E-state index is 9.81. The lowest BCUT2D eigenvalue weighted by Gasteiger charge is -2.04. The van der Waals surface area contributed by atoms with E-state index in [1.807, 2.05) is 36.4 Å². The third-order valence-electron chi connectivity index (χ3n) is 3.16. The Balaban J connectivity index is 2.30. The lowest BCUT2D eigenvalue weighted by molar-refractivity contribution is 0.277. The fourth-order valence-corrected chi connectivity index (χ4v) is 2.20. The molecule has 2 aromatic carbocycles. The van der Waals surface area contributed by atoms with Crippen molar-refractivity contribution in [2.45, 2.75) is 6.23 Å². The van der Waals surface area contributed by atoms with Crippen LogP contribution in [0.4, 0.5) is 0 Å². The molecule has 0 saturated carbocycles. The van der Waals surface area contributed by atoms with E-state index in [4.69, 9.17) is 16.2 Å². The Hall–Kier alpha value is -2.46. The Bertz CT molecular complexity index is 753. The molecule has 0 saturated heterocycles. The van der Waals surface area contributed by atoms with Crippen molar-refractivity contribution in [2.24, 2.45) is 11.5 Å². The van der Waals surface area contributed by atoms with Gasteiger partial charge in [0.25, 0.3) is 0 Å². The average Bonchev–Trinajstić information content (AvgIpc) is 2.69. The van der Waals surface area contributed by atoms with Crippen LogP contribution in [0.3, 0.4) is 0 Å². The number of hydrogen-bond donors (Lipinski definition) is 3. The summed E-state index contributed by atoms with van der Waals surface area (Å²) in [7, 11) is 0. The van der Waals surface area contributed by atoms with E-state index in [9.17, 15) is 5.11 Å². The van der Waals surface area contributed by atoms with Crippen molar-refractivity contribution in [1.82, 2.24) is 0 Å². The Morgan fingerprint density at radius 1 is 1.11 bits per heavy atom. The molecular formula is C15H14N2O2. The van der Waals surface area contributed by atoms with Crippen molar-refractivity contribution in [3.8, 4) is 11.5 Å². The van der Waals surface area contributed by atoms with E-state index in [-0.39, 0.29) is 5.75 Å². The first kappa shape index (κ1) is 11.6. The van der Waals surface area contributed by atoms with Crippen LogP contribution in [0.2, 0.25) is 0 Å². The second-order valence-electron chi connectivity index (χ2n) is 4.42. The highest BCUT2D eigenvalue weighted by molar-refractivity contribution is 5.61. The number of phenols is 1. The van der Waals surface area contributed by atoms with E-state index >= 15 is 0 Å². The minimum atomic E-state index is -0.603. The SMILES string of the molecule is NC1=c2c(cccc2=Cc2ccccc2O)OC1N. The first-order valence-corrected chi connectivity index (χ1v) is 5.97. The zero-order valence-corrected chi connectivity index (χ0v) is 10.2. The van der Waals surface area contributed by atoms with Crippen LogP contribution in [0.1, 0.15) is 5.56 Å². The Labute approximate surface area is 110 Å². The molecule has 3 rings (SSSR count). The summed E-state index contributed by atoms with van der Waals surface area (Å²) in [5.74, 6) is 0.899. The minimum Gasteiger partial charge on any atom is -0.507 e. The van der Waals surface area contributed by atoms with Crippen molar-refractivity contribution in [3.05, 3.63) is 58.5 Å². The van der Waals surface area contributed by atoms with Gasteiger partial charge in [-0.05, 0) is 23.4 Å². The van der Waals surface area contributed by atoms with Gasteiger partial charge in [0.1, 0.15) is 11.5 Å². The third-order valence-corrected chi connectivity index (χ3v) is 3.16. The predicted octanol–water partition coefficient (Wildman–Crippen LogP) is -0.0349. The van der Waals surface area contributed by atoms with Crippen LogP contribution < -0.4 is 26.6 Å². The van der Waals surface area contributed by atoms with Gasteiger partial charge in [-0.15, -0.1) is 0 Å². The Morgan fingerprint density at radius 3 is 2.68 bits per heavy atom. The number of nitrogens with two attached hydrogens (primary N) is 2. The smallest absolute Gasteiger partial charge is 0.189 e. The first-order chi connectivity index (χ1) is 9.16. The van der Waals surface area contributed by atoms with Gasteiger partial charge in [0.05, 0.1) is 5.70 Å². The van der Waals surface area contributed by atoms with Crippen molar-refractivity contribution < 1.29 is 9.84 Å². The number of para-hydroxylation sites is 1. The largest absolute Gasteiger partial charge is 0.507 e. The number of benzene rings is 2. The molecule has 0 radical (unpaired) electrons. The normalized spacial score (nSPS) is 18.3. The second kappa shape index (κ2) is 4.33. The highest BCUT2D eigenvalue weighted by Crippen LogP contribution is 2.16. The molecule has 0 aromatic heterocycles. The van der Waals surface area contributed by atoms with Crippen LogP contribution in [-0.2, 0) is 0 Å². The van der Waals surface area contributed by atoms with Gasteiger partial charge in [-0.2, -0.15) is 0 Å². The van der Waals surface area contributed by atoms with Gasteiger partial charge in [-0.3, -0.25) is 5.73 Å². The van der Waals surface area contributed by atoms with E-state index in [1.165, 1.54) is 0 Å². The molecule has 1 aliphatic heterocycles. The lowest BCUT2D eigenvalue weighted by atomic mass is 10.1. The van der Waals surface area contributed by atoms with Crippen LogP contribution in [0, 0.1) is 0 Å². The van der Waals surface area contributed by atoms with Crippen LogP contribution in [0.25, 0.3) is 11.8 Å². The topological polar surface area (TPSA) is 81.5 Å². The lowest BCUT2D eigenvalue weighted by Crippen LogP contribution is -2.33. The molecule has 0 fully saturated rings. The molecule has 4 heteroatoms. The van der Waals surface area contributed by atoms with Crippen LogP contribution in [0.15, 0.2) is 42.5 Å². The molecule has 0 bridgehead atoms. The van der Waals surface area contributed by atoms with Gasteiger partial charge < -0.3 is 15.6 Å². The van der Waals surface area contributed by atoms with Gasteiger partial charge in [0.15, 0.2) is 6.23 Å². The quantitative estimate of drug-likeness (QED) is 0.667. The Morgan fingerprint density at radius 2 is 1.89 bits per heavy atom. The van der Waals surface area contributed by atoms with Crippen molar-refractivity contribution in [2.75, 3.05) is 0 Å². The molecule has 96 valence electrons. The molecule has 1 aliphatic rings. The number of ether oxygens (including phenoxy) is 1. The van der Waals surface area contributed by atoms with E-state index < -0.39 is 6.23 Å². The molecule has 0 amide bonds. The summed E-state index contributed by atoms with van der Waals surface area (Å²) >= 11 is 0. The van der Waals surface area contributed by atoms with Crippen molar-refractivity contribution in [1.29, 1.82) is 0 Å². The molecule has 2 aromatic rings. The average molecular weight is 254 g/mol. The Kier molecular flexibility index (Phi) is 2.65. The molecule has 0 spiro atoms. The summed E-state index contributed by atoms with van der Waals surface area (Å²) in [5, 5.41) is 11.5. The summed E-state index contributed by atoms with van der Waals surface area (Å²) in [6.07, 6.45) is 1.26. The zero-order valence-electron chi connectivity index (χ0n) is 10.2. The molecule has 0 aliphatic carbocycles. The summed E-state index contributed by atoms with van der Waals surface area (Å²) in [6.45, 7) is 0. The monoisotopic (exact) mass is 254 g/mol. The fraction of sp³-hybridized carbons (Fsp3) is 0.0667. The number of phenolic OH excluding ortho intramolecular Hbond substituents is 1. The molecule has 1 atom stereocenters. The molecule has 5 N–H and O–H groups in total. The van der Waals surface area contributed by atoms with Crippen LogP contribution in [0.5, 0.6) is 11.5 Å². The zero-order chi connectivity index (χ0) is 13.4. The fourth-order valence-electron chi connectivity index (χ4n) is 2.20. The highest BCUT2D eigenvalue weighted by Gasteiger charge is 2.19. The predicted molar refractivity (Wildman–Crippen MR) is 73.6 cm³/mol. The van der Waals surface area contributed by atoms with E-state index in [2.05, 4.69) is 0 Å². The van der Waals surface area contributed by atoms with Crippen LogP contribution in [-0.4, -0.2) is 11.3 Å². The second-order valence-corrected chi connectivity index (χ2v) is 4.42. The number of fused-ring (bicyclic) bond motifs is 1. The van der Waals surface area contributed by atoms with E-state index in [1.54, 1.807) is 12.1 Å². The van der Waals surface area contributed by atoms with E-state index in [0.29, 0.717) is 11.4 Å². The number of rotatable bonds is 1. The summed E-state index contributed by atoms with van der Waals surface area (Å²) in [4.78, 5) is 0. The van der Waals surface area contributed by atoms with Gasteiger partial charge in [0, 0.05) is 10.8 Å². The third kappa shape index (κ3) is 1.92. The minimum absolute atomic E-state index is 0.224.